The van der Waals surface area contributed by atoms with Crippen LogP contribution in [0.4, 0.5) is 0 Å². The molecule has 0 spiro atoms. The number of likely N-dealkylation sites (N-methyl/N-ethyl adjacent to an activating group) is 1. The molecule has 0 N–H and O–H groups in total. The van der Waals surface area contributed by atoms with Crippen LogP contribution in [-0.2, 0) is 12.8 Å². The molecular weight excluding hydrogens is 400 g/mol. The van der Waals surface area contributed by atoms with Crippen LogP contribution in [0.2, 0.25) is 0 Å². The zero-order chi connectivity index (χ0) is 22.2. The summed E-state index contributed by atoms with van der Waals surface area (Å²) in [6.07, 6.45) is 2.71. The van der Waals surface area contributed by atoms with E-state index in [-0.39, 0.29) is 18.9 Å². The van der Waals surface area contributed by atoms with E-state index in [2.05, 4.69) is 68.3 Å². The maximum atomic E-state index is 13.5. The summed E-state index contributed by atoms with van der Waals surface area (Å²) in [5, 5.41) is 2.54. The van der Waals surface area contributed by atoms with Crippen molar-refractivity contribution in [1.82, 2.24) is 9.80 Å². The number of benzene rings is 3. The Morgan fingerprint density at radius 1 is 1.03 bits per heavy atom. The molecule has 2 unspecified atom stereocenters. The molecule has 0 saturated heterocycles. The number of amides is 1. The second kappa shape index (κ2) is 8.47. The van der Waals surface area contributed by atoms with Gasteiger partial charge in [0.25, 0.3) is 5.91 Å². The molecule has 0 aromatic heterocycles. The normalized spacial score (nSPS) is 17.0. The van der Waals surface area contributed by atoms with Gasteiger partial charge in [0.05, 0.1) is 6.17 Å². The van der Waals surface area contributed by atoms with Gasteiger partial charge in [0, 0.05) is 18.2 Å². The topological polar surface area (TPSA) is 42.0 Å². The Kier molecular flexibility index (Phi) is 5.51. The van der Waals surface area contributed by atoms with Gasteiger partial charge in [-0.2, -0.15) is 0 Å². The minimum Gasteiger partial charge on any atom is -0.454 e. The number of ether oxygens (including phenoxy) is 2. The summed E-state index contributed by atoms with van der Waals surface area (Å²) < 4.78 is 11.0. The molecule has 166 valence electrons. The molecule has 5 rings (SSSR count). The summed E-state index contributed by atoms with van der Waals surface area (Å²) >= 11 is 0. The summed E-state index contributed by atoms with van der Waals surface area (Å²) in [7, 11) is 2.14. The van der Waals surface area contributed by atoms with Crippen molar-refractivity contribution in [2.45, 2.75) is 45.3 Å². The number of carbonyl (C=O) groups excluding carboxylic acids is 1. The van der Waals surface area contributed by atoms with Crippen molar-refractivity contribution in [1.29, 1.82) is 0 Å². The Bertz CT molecular complexity index is 1160. The second-order valence-electron chi connectivity index (χ2n) is 8.90. The van der Waals surface area contributed by atoms with Gasteiger partial charge < -0.3 is 14.4 Å². The lowest BCUT2D eigenvalue weighted by molar-refractivity contribution is 0.0238. The number of nitrogens with zero attached hydrogens (tertiary/aromatic N) is 2. The first kappa shape index (κ1) is 20.8. The van der Waals surface area contributed by atoms with Gasteiger partial charge in [-0.3, -0.25) is 9.69 Å². The summed E-state index contributed by atoms with van der Waals surface area (Å²) in [6.45, 7) is 5.35. The number of hydrogen-bond donors (Lipinski definition) is 0. The van der Waals surface area contributed by atoms with Gasteiger partial charge in [0.2, 0.25) is 6.79 Å². The van der Waals surface area contributed by atoms with E-state index in [1.165, 1.54) is 16.3 Å². The van der Waals surface area contributed by atoms with Crippen LogP contribution >= 0.6 is 0 Å². The Hall–Kier alpha value is -3.05. The standard InChI is InChI=1S/C27H30N2O3/c1-4-26(28(3)18(2)13-19-9-10-20-7-5-6-8-21(20)14-19)29-12-11-22-15-24-25(32-17-31-24)16-23(22)27(29)30/h5-10,14-16,18,26H,4,11-13,17H2,1-3H3. The SMILES string of the molecule is CCC(N1CCc2cc3c(cc2C1=O)OCO3)N(C)C(C)Cc1ccc2ccccc2c1. The third-order valence-electron chi connectivity index (χ3n) is 6.95. The molecule has 2 aliphatic heterocycles. The molecule has 3 aromatic carbocycles. The second-order valence-corrected chi connectivity index (χ2v) is 8.90. The number of carbonyl (C=O) groups is 1. The monoisotopic (exact) mass is 430 g/mol. The molecular formula is C27H30N2O3. The predicted molar refractivity (Wildman–Crippen MR) is 126 cm³/mol. The molecule has 32 heavy (non-hydrogen) atoms. The molecule has 0 aliphatic carbocycles. The van der Waals surface area contributed by atoms with Crippen LogP contribution in [0.3, 0.4) is 0 Å². The molecule has 0 bridgehead atoms. The van der Waals surface area contributed by atoms with Gasteiger partial charge in [-0.15, -0.1) is 0 Å². The van der Waals surface area contributed by atoms with Crippen LogP contribution < -0.4 is 9.47 Å². The van der Waals surface area contributed by atoms with Crippen molar-refractivity contribution in [3.63, 3.8) is 0 Å². The van der Waals surface area contributed by atoms with Crippen molar-refractivity contribution in [3.05, 3.63) is 71.3 Å². The first-order valence-electron chi connectivity index (χ1n) is 11.5. The van der Waals surface area contributed by atoms with E-state index in [1.54, 1.807) is 0 Å². The van der Waals surface area contributed by atoms with E-state index in [9.17, 15) is 4.79 Å². The third kappa shape index (κ3) is 3.71. The number of rotatable bonds is 6. The molecule has 2 aliphatic rings. The fourth-order valence-corrected chi connectivity index (χ4v) is 5.04. The summed E-state index contributed by atoms with van der Waals surface area (Å²) in [4.78, 5) is 17.8. The number of fused-ring (bicyclic) bond motifs is 3. The van der Waals surface area contributed by atoms with Crippen molar-refractivity contribution >= 4 is 16.7 Å². The van der Waals surface area contributed by atoms with Crippen LogP contribution in [0.5, 0.6) is 11.5 Å². The zero-order valence-electron chi connectivity index (χ0n) is 19.0. The number of hydrogen-bond acceptors (Lipinski definition) is 4. The Balaban J connectivity index is 1.33. The van der Waals surface area contributed by atoms with Crippen LogP contribution in [-0.4, -0.2) is 48.3 Å². The largest absolute Gasteiger partial charge is 0.454 e. The highest BCUT2D eigenvalue weighted by molar-refractivity contribution is 5.97. The van der Waals surface area contributed by atoms with Gasteiger partial charge in [0.1, 0.15) is 0 Å². The average molecular weight is 431 g/mol. The highest BCUT2D eigenvalue weighted by atomic mass is 16.7. The lowest BCUT2D eigenvalue weighted by atomic mass is 9.96. The minimum absolute atomic E-state index is 0.0523. The van der Waals surface area contributed by atoms with Crippen LogP contribution in [0.15, 0.2) is 54.6 Å². The fourth-order valence-electron chi connectivity index (χ4n) is 5.04. The first-order valence-corrected chi connectivity index (χ1v) is 11.5. The Labute approximate surface area is 189 Å². The third-order valence-corrected chi connectivity index (χ3v) is 6.95. The molecule has 5 nitrogen and oxygen atoms in total. The van der Waals surface area contributed by atoms with Crippen molar-refractivity contribution < 1.29 is 14.3 Å². The molecule has 1 amide bonds. The Morgan fingerprint density at radius 2 is 1.78 bits per heavy atom. The maximum absolute atomic E-state index is 13.5. The molecule has 0 fully saturated rings. The lowest BCUT2D eigenvalue weighted by Gasteiger charge is -2.42. The van der Waals surface area contributed by atoms with E-state index in [0.29, 0.717) is 11.8 Å². The molecule has 3 aromatic rings. The van der Waals surface area contributed by atoms with Gasteiger partial charge in [-0.25, -0.2) is 0 Å². The Morgan fingerprint density at radius 3 is 2.56 bits per heavy atom. The van der Waals surface area contributed by atoms with E-state index < -0.39 is 0 Å². The highest BCUT2D eigenvalue weighted by Crippen LogP contribution is 2.37. The summed E-state index contributed by atoms with van der Waals surface area (Å²) in [6, 6.07) is 19.3. The smallest absolute Gasteiger partial charge is 0.255 e. The summed E-state index contributed by atoms with van der Waals surface area (Å²) in [5.74, 6) is 1.50. The molecule has 0 saturated carbocycles. The van der Waals surface area contributed by atoms with Gasteiger partial charge >= 0.3 is 0 Å². The van der Waals surface area contributed by atoms with Crippen molar-refractivity contribution in [2.75, 3.05) is 20.4 Å². The van der Waals surface area contributed by atoms with Crippen molar-refractivity contribution in [3.8, 4) is 11.5 Å². The predicted octanol–water partition coefficient (Wildman–Crippen LogP) is 4.87. The maximum Gasteiger partial charge on any atom is 0.255 e. The fraction of sp³-hybridized carbons (Fsp3) is 0.370. The minimum atomic E-state index is 0.0523. The van der Waals surface area contributed by atoms with Crippen LogP contribution in [0, 0.1) is 0 Å². The average Bonchev–Trinajstić information content (AvgIpc) is 3.27. The van der Waals surface area contributed by atoms with Gasteiger partial charge in [0.15, 0.2) is 11.5 Å². The van der Waals surface area contributed by atoms with E-state index in [1.807, 2.05) is 17.0 Å². The van der Waals surface area contributed by atoms with Crippen LogP contribution in [0.25, 0.3) is 10.8 Å². The van der Waals surface area contributed by atoms with Gasteiger partial charge in [-0.05, 0) is 67.3 Å². The van der Waals surface area contributed by atoms with Crippen molar-refractivity contribution in [2.24, 2.45) is 0 Å². The highest BCUT2D eigenvalue weighted by Gasteiger charge is 2.34. The molecule has 2 atom stereocenters. The van der Waals surface area contributed by atoms with E-state index >= 15 is 0 Å². The first-order chi connectivity index (χ1) is 15.5. The van der Waals surface area contributed by atoms with E-state index in [4.69, 9.17) is 9.47 Å². The zero-order valence-corrected chi connectivity index (χ0v) is 19.0. The van der Waals surface area contributed by atoms with E-state index in [0.717, 1.165) is 42.7 Å². The molecule has 5 heteroatoms. The molecule has 2 heterocycles. The lowest BCUT2D eigenvalue weighted by Crippen LogP contribution is -2.54. The quantitative estimate of drug-likeness (QED) is 0.560. The van der Waals surface area contributed by atoms with Crippen LogP contribution in [0.1, 0.15) is 41.8 Å². The van der Waals surface area contributed by atoms with Gasteiger partial charge in [-0.1, -0.05) is 49.4 Å². The summed E-state index contributed by atoms with van der Waals surface area (Å²) in [5.41, 5.74) is 3.12. The molecule has 0 radical (unpaired) electrons.